The second-order valence-electron chi connectivity index (χ2n) is 5.85. The Kier molecular flexibility index (Phi) is 3.50. The molecule has 0 aliphatic carbocycles. The molecular weight excluding hydrogens is 238 g/mol. The van der Waals surface area contributed by atoms with Crippen LogP contribution < -0.4 is 10.6 Å². The summed E-state index contributed by atoms with van der Waals surface area (Å²) in [6, 6.07) is 0.725. The third-order valence-electron chi connectivity index (χ3n) is 4.65. The van der Waals surface area contributed by atoms with Crippen molar-refractivity contribution in [1.82, 2.24) is 14.7 Å². The van der Waals surface area contributed by atoms with Crippen molar-refractivity contribution in [2.75, 3.05) is 31.1 Å². The first-order valence-electron chi connectivity index (χ1n) is 7.42. The van der Waals surface area contributed by atoms with E-state index in [2.05, 4.69) is 21.8 Å². The van der Waals surface area contributed by atoms with Gasteiger partial charge in [-0.25, -0.2) is 0 Å². The molecule has 5 nitrogen and oxygen atoms in total. The Morgan fingerprint density at radius 3 is 2.89 bits per heavy atom. The fraction of sp³-hybridized carbons (Fsp3) is 0.786. The van der Waals surface area contributed by atoms with E-state index in [1.165, 1.54) is 43.7 Å². The summed E-state index contributed by atoms with van der Waals surface area (Å²) in [7, 11) is 2.04. The molecule has 1 atom stereocenters. The number of aryl methyl sites for hydroxylation is 2. The molecule has 0 saturated carbocycles. The van der Waals surface area contributed by atoms with Crippen LogP contribution >= 0.6 is 0 Å². The fourth-order valence-electron chi connectivity index (χ4n) is 3.67. The fourth-order valence-corrected chi connectivity index (χ4v) is 3.67. The molecule has 2 saturated heterocycles. The van der Waals surface area contributed by atoms with Gasteiger partial charge >= 0.3 is 0 Å². The monoisotopic (exact) mass is 263 g/mol. The predicted molar refractivity (Wildman–Crippen MR) is 77.3 cm³/mol. The smallest absolute Gasteiger partial charge is 0.131 e. The summed E-state index contributed by atoms with van der Waals surface area (Å²) in [5.41, 5.74) is 8.20. The molecule has 2 N–H and O–H groups in total. The molecule has 106 valence electrons. The number of hydrogen-bond acceptors (Lipinski definition) is 4. The van der Waals surface area contributed by atoms with Crippen LogP contribution in [-0.2, 0) is 13.6 Å². The van der Waals surface area contributed by atoms with Gasteiger partial charge in [0.1, 0.15) is 5.82 Å². The molecule has 2 aliphatic heterocycles. The Balaban J connectivity index is 1.83. The number of rotatable bonds is 2. The quantitative estimate of drug-likeness (QED) is 0.860. The highest BCUT2D eigenvalue weighted by molar-refractivity contribution is 5.50. The standard InChI is InChI=1S/C14H25N5/c1-11-13(9-15)14(17(2)16-11)19-8-7-18-6-4-3-5-12(18)10-19/h12H,3-10,15H2,1-2H3. The molecule has 2 fully saturated rings. The summed E-state index contributed by atoms with van der Waals surface area (Å²) in [4.78, 5) is 5.15. The molecule has 1 aromatic rings. The summed E-state index contributed by atoms with van der Waals surface area (Å²) in [5.74, 6) is 1.24. The van der Waals surface area contributed by atoms with Crippen molar-refractivity contribution in [3.05, 3.63) is 11.3 Å². The highest BCUT2D eigenvalue weighted by atomic mass is 15.4. The SMILES string of the molecule is Cc1nn(C)c(N2CCN3CCCCC3C2)c1CN. The van der Waals surface area contributed by atoms with Crippen LogP contribution in [0.15, 0.2) is 0 Å². The zero-order valence-corrected chi connectivity index (χ0v) is 12.1. The molecule has 0 spiro atoms. The minimum Gasteiger partial charge on any atom is -0.354 e. The average molecular weight is 263 g/mol. The largest absolute Gasteiger partial charge is 0.354 e. The number of aromatic nitrogens is 2. The maximum Gasteiger partial charge on any atom is 0.131 e. The van der Waals surface area contributed by atoms with E-state index >= 15 is 0 Å². The summed E-state index contributed by atoms with van der Waals surface area (Å²) < 4.78 is 2.01. The van der Waals surface area contributed by atoms with Crippen molar-refractivity contribution in [3.63, 3.8) is 0 Å². The van der Waals surface area contributed by atoms with E-state index < -0.39 is 0 Å². The third kappa shape index (κ3) is 2.25. The number of piperidine rings is 1. The van der Waals surface area contributed by atoms with Gasteiger partial charge in [-0.3, -0.25) is 9.58 Å². The topological polar surface area (TPSA) is 50.3 Å². The predicted octanol–water partition coefficient (Wildman–Crippen LogP) is 0.862. The van der Waals surface area contributed by atoms with Gasteiger partial charge in [0, 0.05) is 44.8 Å². The highest BCUT2D eigenvalue weighted by Crippen LogP contribution is 2.28. The first-order valence-corrected chi connectivity index (χ1v) is 7.42. The van der Waals surface area contributed by atoms with Crippen molar-refractivity contribution in [1.29, 1.82) is 0 Å². The van der Waals surface area contributed by atoms with E-state index in [-0.39, 0.29) is 0 Å². The lowest BCUT2D eigenvalue weighted by Crippen LogP contribution is -2.55. The van der Waals surface area contributed by atoms with Crippen LogP contribution in [0.25, 0.3) is 0 Å². The van der Waals surface area contributed by atoms with Crippen LogP contribution in [0.1, 0.15) is 30.5 Å². The number of anilines is 1. The Morgan fingerprint density at radius 2 is 2.11 bits per heavy atom. The van der Waals surface area contributed by atoms with E-state index in [1.807, 2.05) is 11.7 Å². The normalized spacial score (nSPS) is 24.6. The van der Waals surface area contributed by atoms with Gasteiger partial charge in [0.25, 0.3) is 0 Å². The van der Waals surface area contributed by atoms with Crippen LogP contribution in [0, 0.1) is 6.92 Å². The van der Waals surface area contributed by atoms with Crippen molar-refractivity contribution in [3.8, 4) is 0 Å². The Hall–Kier alpha value is -1.07. The van der Waals surface area contributed by atoms with Gasteiger partial charge in [-0.05, 0) is 26.3 Å². The molecule has 0 radical (unpaired) electrons. The summed E-state index contributed by atoms with van der Waals surface area (Å²) in [6.45, 7) is 7.34. The Morgan fingerprint density at radius 1 is 1.26 bits per heavy atom. The maximum absolute atomic E-state index is 5.91. The van der Waals surface area contributed by atoms with Gasteiger partial charge in [-0.2, -0.15) is 5.10 Å². The first kappa shape index (κ1) is 12.9. The van der Waals surface area contributed by atoms with Crippen LogP contribution in [0.2, 0.25) is 0 Å². The van der Waals surface area contributed by atoms with E-state index in [0.717, 1.165) is 24.8 Å². The van der Waals surface area contributed by atoms with Gasteiger partial charge in [0.2, 0.25) is 0 Å². The van der Waals surface area contributed by atoms with Gasteiger partial charge in [-0.15, -0.1) is 0 Å². The van der Waals surface area contributed by atoms with Gasteiger partial charge in [-0.1, -0.05) is 6.42 Å². The van der Waals surface area contributed by atoms with E-state index in [4.69, 9.17) is 5.73 Å². The zero-order valence-electron chi connectivity index (χ0n) is 12.1. The number of piperazine rings is 1. The lowest BCUT2D eigenvalue weighted by atomic mass is 9.99. The number of nitrogens with zero attached hydrogens (tertiary/aromatic N) is 4. The van der Waals surface area contributed by atoms with E-state index in [0.29, 0.717) is 6.54 Å². The minimum atomic E-state index is 0.583. The molecule has 5 heteroatoms. The second kappa shape index (κ2) is 5.13. The number of hydrogen-bond donors (Lipinski definition) is 1. The summed E-state index contributed by atoms with van der Waals surface area (Å²) >= 11 is 0. The molecule has 2 aliphatic rings. The number of fused-ring (bicyclic) bond motifs is 1. The van der Waals surface area contributed by atoms with Gasteiger partial charge in [0.15, 0.2) is 0 Å². The molecule has 3 heterocycles. The molecule has 0 aromatic carbocycles. The van der Waals surface area contributed by atoms with E-state index in [9.17, 15) is 0 Å². The van der Waals surface area contributed by atoms with Crippen molar-refractivity contribution in [2.24, 2.45) is 12.8 Å². The van der Waals surface area contributed by atoms with Gasteiger partial charge in [0.05, 0.1) is 5.69 Å². The molecule has 1 unspecified atom stereocenters. The molecule has 0 amide bonds. The molecule has 0 bridgehead atoms. The average Bonchev–Trinajstić information content (AvgIpc) is 2.72. The first-order chi connectivity index (χ1) is 9.20. The Bertz CT molecular complexity index is 453. The molecule has 19 heavy (non-hydrogen) atoms. The lowest BCUT2D eigenvalue weighted by molar-refractivity contribution is 0.132. The van der Waals surface area contributed by atoms with Crippen molar-refractivity contribution in [2.45, 2.75) is 38.8 Å². The Labute approximate surface area is 115 Å². The highest BCUT2D eigenvalue weighted by Gasteiger charge is 2.31. The van der Waals surface area contributed by atoms with Crippen LogP contribution in [0.4, 0.5) is 5.82 Å². The molecule has 3 rings (SSSR count). The van der Waals surface area contributed by atoms with E-state index in [1.54, 1.807) is 0 Å². The second-order valence-corrected chi connectivity index (χ2v) is 5.85. The van der Waals surface area contributed by atoms with Crippen LogP contribution in [-0.4, -0.2) is 46.9 Å². The van der Waals surface area contributed by atoms with Crippen LogP contribution in [0.5, 0.6) is 0 Å². The summed E-state index contributed by atoms with van der Waals surface area (Å²) in [5, 5.41) is 4.54. The third-order valence-corrected chi connectivity index (χ3v) is 4.65. The number of nitrogens with two attached hydrogens (primary N) is 1. The maximum atomic E-state index is 5.91. The molecule has 1 aromatic heterocycles. The van der Waals surface area contributed by atoms with Crippen molar-refractivity contribution < 1.29 is 0 Å². The zero-order chi connectivity index (χ0) is 13.4. The minimum absolute atomic E-state index is 0.583. The van der Waals surface area contributed by atoms with Crippen LogP contribution in [0.3, 0.4) is 0 Å². The van der Waals surface area contributed by atoms with Crippen molar-refractivity contribution >= 4 is 5.82 Å². The summed E-state index contributed by atoms with van der Waals surface area (Å²) in [6.07, 6.45) is 4.09. The van der Waals surface area contributed by atoms with Gasteiger partial charge < -0.3 is 10.6 Å². The lowest BCUT2D eigenvalue weighted by Gasteiger charge is -2.44. The molecular formula is C14H25N5.